The van der Waals surface area contributed by atoms with Crippen molar-refractivity contribution in [3.05, 3.63) is 41.3 Å². The second-order valence-corrected chi connectivity index (χ2v) is 8.69. The normalized spacial score (nSPS) is 28.5. The number of anilines is 1. The van der Waals surface area contributed by atoms with Crippen LogP contribution >= 0.6 is 0 Å². The van der Waals surface area contributed by atoms with Crippen molar-refractivity contribution in [2.45, 2.75) is 51.0 Å². The van der Waals surface area contributed by atoms with Crippen molar-refractivity contribution in [3.8, 4) is 0 Å². The average molecular weight is 425 g/mol. The zero-order valence-corrected chi connectivity index (χ0v) is 17.3. The number of hydrogen-bond donors (Lipinski definition) is 2. The number of imide groups is 1. The van der Waals surface area contributed by atoms with Gasteiger partial charge in [-0.05, 0) is 42.4 Å². The SMILES string of the molecule is O=CCC1CCN(c2cccc3c2CNC3C2=COC(C3CCC(=O)NC3=O)O2)CC1. The Morgan fingerprint density at radius 1 is 1.16 bits per heavy atom. The van der Waals surface area contributed by atoms with Crippen LogP contribution in [-0.2, 0) is 30.4 Å². The highest BCUT2D eigenvalue weighted by atomic mass is 16.7. The molecule has 8 nitrogen and oxygen atoms in total. The van der Waals surface area contributed by atoms with Gasteiger partial charge in [0.1, 0.15) is 18.5 Å². The number of carbonyl (C=O) groups excluding carboxylic acids is 3. The minimum atomic E-state index is -0.700. The summed E-state index contributed by atoms with van der Waals surface area (Å²) < 4.78 is 11.7. The fourth-order valence-corrected chi connectivity index (χ4v) is 5.07. The summed E-state index contributed by atoms with van der Waals surface area (Å²) in [6.45, 7) is 2.65. The van der Waals surface area contributed by atoms with Crippen LogP contribution in [0.2, 0.25) is 0 Å². The molecule has 0 aliphatic carbocycles. The Labute approximate surface area is 180 Å². The monoisotopic (exact) mass is 425 g/mol. The summed E-state index contributed by atoms with van der Waals surface area (Å²) in [6.07, 6.45) is 5.39. The molecule has 0 aromatic heterocycles. The minimum Gasteiger partial charge on any atom is -0.458 e. The number of piperidine rings is 2. The van der Waals surface area contributed by atoms with Crippen LogP contribution in [0.3, 0.4) is 0 Å². The number of aldehydes is 1. The number of benzene rings is 1. The molecule has 2 N–H and O–H groups in total. The van der Waals surface area contributed by atoms with E-state index in [1.165, 1.54) is 11.3 Å². The lowest BCUT2D eigenvalue weighted by Gasteiger charge is -2.34. The molecule has 0 spiro atoms. The van der Waals surface area contributed by atoms with Gasteiger partial charge in [0.05, 0.1) is 6.04 Å². The summed E-state index contributed by atoms with van der Waals surface area (Å²) in [5.41, 5.74) is 3.65. The first kappa shape index (κ1) is 20.1. The fraction of sp³-hybridized carbons (Fsp3) is 0.522. The Morgan fingerprint density at radius 3 is 2.77 bits per heavy atom. The third-order valence-electron chi connectivity index (χ3n) is 6.83. The lowest BCUT2D eigenvalue weighted by atomic mass is 9.93. The molecule has 3 atom stereocenters. The van der Waals surface area contributed by atoms with Crippen LogP contribution in [0.4, 0.5) is 5.69 Å². The molecule has 4 aliphatic heterocycles. The van der Waals surface area contributed by atoms with E-state index >= 15 is 0 Å². The van der Waals surface area contributed by atoms with Crippen LogP contribution in [0, 0.1) is 11.8 Å². The van der Waals surface area contributed by atoms with Crippen molar-refractivity contribution >= 4 is 23.8 Å². The standard InChI is InChI=1S/C23H27N3O5/c27-11-8-14-6-9-26(10-7-14)18-3-1-2-15-17(18)12-24-21(15)19-13-30-23(31-19)16-4-5-20(28)25-22(16)29/h1-3,11,13-14,16,21,23-24H,4-10,12H2,(H,25,28,29). The summed E-state index contributed by atoms with van der Waals surface area (Å²) in [7, 11) is 0. The summed E-state index contributed by atoms with van der Waals surface area (Å²) >= 11 is 0. The molecule has 0 bridgehead atoms. The lowest BCUT2D eigenvalue weighted by Crippen LogP contribution is -2.45. The number of ether oxygens (including phenoxy) is 2. The first-order valence-corrected chi connectivity index (χ1v) is 11.0. The average Bonchev–Trinajstić information content (AvgIpc) is 3.41. The number of hydrogen-bond acceptors (Lipinski definition) is 7. The van der Waals surface area contributed by atoms with Crippen LogP contribution in [0.25, 0.3) is 0 Å². The maximum absolute atomic E-state index is 12.1. The fourth-order valence-electron chi connectivity index (χ4n) is 5.07. The van der Waals surface area contributed by atoms with Crippen molar-refractivity contribution < 1.29 is 23.9 Å². The van der Waals surface area contributed by atoms with Crippen LogP contribution in [0.5, 0.6) is 0 Å². The highest BCUT2D eigenvalue weighted by Gasteiger charge is 2.41. The van der Waals surface area contributed by atoms with Gasteiger partial charge in [0, 0.05) is 38.2 Å². The van der Waals surface area contributed by atoms with E-state index in [0.29, 0.717) is 30.9 Å². The molecular weight excluding hydrogens is 398 g/mol. The summed E-state index contributed by atoms with van der Waals surface area (Å²) in [5, 5.41) is 5.87. The van der Waals surface area contributed by atoms with Crippen molar-refractivity contribution in [2.75, 3.05) is 18.0 Å². The molecular formula is C23H27N3O5. The zero-order chi connectivity index (χ0) is 21.4. The van der Waals surface area contributed by atoms with Crippen molar-refractivity contribution in [1.82, 2.24) is 10.6 Å². The molecule has 31 heavy (non-hydrogen) atoms. The van der Waals surface area contributed by atoms with Crippen LogP contribution < -0.4 is 15.5 Å². The Kier molecular flexibility index (Phi) is 5.40. The minimum absolute atomic E-state index is 0.124. The Morgan fingerprint density at radius 2 is 2.00 bits per heavy atom. The maximum atomic E-state index is 12.1. The van der Waals surface area contributed by atoms with E-state index in [1.54, 1.807) is 6.26 Å². The van der Waals surface area contributed by atoms with Crippen LogP contribution in [0.15, 0.2) is 30.2 Å². The molecule has 3 unspecified atom stereocenters. The predicted molar refractivity (Wildman–Crippen MR) is 112 cm³/mol. The van der Waals surface area contributed by atoms with Crippen molar-refractivity contribution in [2.24, 2.45) is 11.8 Å². The first-order chi connectivity index (χ1) is 15.1. The third-order valence-corrected chi connectivity index (χ3v) is 6.83. The topological polar surface area (TPSA) is 97.0 Å². The maximum Gasteiger partial charge on any atom is 0.251 e. The van der Waals surface area contributed by atoms with E-state index in [9.17, 15) is 14.4 Å². The molecule has 2 amide bonds. The van der Waals surface area contributed by atoms with Gasteiger partial charge in [0.15, 0.2) is 5.76 Å². The number of rotatable bonds is 5. The molecule has 0 radical (unpaired) electrons. The second-order valence-electron chi connectivity index (χ2n) is 8.69. The third kappa shape index (κ3) is 3.80. The Bertz CT molecular complexity index is 922. The van der Waals surface area contributed by atoms with Gasteiger partial charge in [-0.3, -0.25) is 20.2 Å². The molecule has 1 aromatic rings. The first-order valence-electron chi connectivity index (χ1n) is 11.0. The van der Waals surface area contributed by atoms with Gasteiger partial charge in [0.2, 0.25) is 11.8 Å². The van der Waals surface area contributed by atoms with Crippen molar-refractivity contribution in [1.29, 1.82) is 0 Å². The molecule has 0 saturated carbocycles. The predicted octanol–water partition coefficient (Wildman–Crippen LogP) is 1.90. The molecule has 1 aromatic carbocycles. The van der Waals surface area contributed by atoms with E-state index in [0.717, 1.165) is 44.3 Å². The molecule has 5 rings (SSSR count). The lowest BCUT2D eigenvalue weighted by molar-refractivity contribution is -0.149. The van der Waals surface area contributed by atoms with Gasteiger partial charge < -0.3 is 19.2 Å². The van der Waals surface area contributed by atoms with E-state index in [4.69, 9.17) is 9.47 Å². The van der Waals surface area contributed by atoms with Crippen LogP contribution in [0.1, 0.15) is 49.3 Å². The van der Waals surface area contributed by atoms with E-state index in [-0.39, 0.29) is 17.9 Å². The molecule has 4 aliphatic rings. The number of nitrogens with one attached hydrogen (secondary N) is 2. The highest BCUT2D eigenvalue weighted by molar-refractivity contribution is 5.98. The zero-order valence-electron chi connectivity index (χ0n) is 17.3. The van der Waals surface area contributed by atoms with E-state index in [2.05, 4.69) is 33.7 Å². The molecule has 4 heterocycles. The summed E-state index contributed by atoms with van der Waals surface area (Å²) in [4.78, 5) is 36.8. The molecule has 8 heteroatoms. The number of fused-ring (bicyclic) bond motifs is 1. The van der Waals surface area contributed by atoms with Gasteiger partial charge in [-0.2, -0.15) is 0 Å². The Hall–Kier alpha value is -2.87. The number of nitrogens with zero attached hydrogens (tertiary/aromatic N) is 1. The molecule has 2 fully saturated rings. The van der Waals surface area contributed by atoms with Gasteiger partial charge in [0.25, 0.3) is 6.29 Å². The van der Waals surface area contributed by atoms with Crippen molar-refractivity contribution in [3.63, 3.8) is 0 Å². The molecule has 2 saturated heterocycles. The Balaban J connectivity index is 1.27. The molecule has 164 valence electrons. The summed E-state index contributed by atoms with van der Waals surface area (Å²) in [5.74, 6) is 0.0777. The summed E-state index contributed by atoms with van der Waals surface area (Å²) in [6, 6.07) is 6.21. The largest absolute Gasteiger partial charge is 0.458 e. The quantitative estimate of drug-likeness (QED) is 0.549. The smallest absolute Gasteiger partial charge is 0.251 e. The highest BCUT2D eigenvalue weighted by Crippen LogP contribution is 2.40. The number of carbonyl (C=O) groups is 3. The van der Waals surface area contributed by atoms with Gasteiger partial charge in [-0.25, -0.2) is 0 Å². The van der Waals surface area contributed by atoms with Crippen LogP contribution in [-0.4, -0.2) is 37.5 Å². The van der Waals surface area contributed by atoms with Gasteiger partial charge in [-0.1, -0.05) is 12.1 Å². The van der Waals surface area contributed by atoms with E-state index in [1.807, 2.05) is 0 Å². The van der Waals surface area contributed by atoms with Gasteiger partial charge >= 0.3 is 0 Å². The van der Waals surface area contributed by atoms with E-state index < -0.39 is 12.2 Å². The number of amides is 2. The second kappa shape index (κ2) is 8.34. The van der Waals surface area contributed by atoms with Gasteiger partial charge in [-0.15, -0.1) is 0 Å².